The largest absolute Gasteiger partial charge is 0.477 e. The molecule has 10 unspecified atom stereocenters. The van der Waals surface area contributed by atoms with E-state index in [-0.39, 0.29) is 6.42 Å². The number of carbonyl (C=O) groups excluding carboxylic acids is 5. The molecule has 5 saturated heterocycles. The number of hydrogen-bond donors (Lipinski definition) is 23. The molecule has 0 radical (unpaired) electrons. The summed E-state index contributed by atoms with van der Waals surface area (Å²) in [5.41, 5.74) is 0. The van der Waals surface area contributed by atoms with Gasteiger partial charge in [-0.15, -0.1) is 0 Å². The van der Waals surface area contributed by atoms with E-state index in [0.717, 1.165) is 91.9 Å². The lowest BCUT2D eigenvalue weighted by atomic mass is 9.86. The van der Waals surface area contributed by atoms with Crippen molar-refractivity contribution in [2.75, 3.05) is 39.6 Å². The maximum Gasteiger partial charge on any atom is 0.364 e. The summed E-state index contributed by atoms with van der Waals surface area (Å²) in [6, 6.07) is -7.09. The number of carbonyl (C=O) groups is 8. The first kappa shape index (κ1) is 108. The third-order valence-corrected chi connectivity index (χ3v) is 22.7. The SMILES string of the molecule is CCCCCCCCCCCCC/C=C/[C@@H](O)[C@H](CO[C@@H]1OC(CO)[C@@H](O[C@@H]2OC(CO)[C@H](O)[C@H](O[C@]3(C(=O)O)CC(O)[C@@H](NC(C)=O)C([C@H](O)[C@@H](CO)O[C@]4(C(=O)O)CC(O)[C@@H](NC(C)=O)C([C@H](O)[C@@H](CO)O[C@]5(C(=O)O)CC(O)[C@@H](NC(C)=O)C([C@H](O)[C@H](O)COC(C)=O)O5)O4)O3)C2O)[C@H](O)C1O)NC(=O)CCCCCCCCCCCCCCC. The van der Waals surface area contributed by atoms with Gasteiger partial charge in [0, 0.05) is 53.4 Å². The van der Waals surface area contributed by atoms with Crippen LogP contribution in [0.15, 0.2) is 12.2 Å². The number of allylic oxidation sites excluding steroid dienone is 1. The molecule has 30 atom stereocenters. The van der Waals surface area contributed by atoms with Crippen molar-refractivity contribution in [1.82, 2.24) is 21.3 Å². The lowest BCUT2D eigenvalue weighted by Gasteiger charge is -2.51. The summed E-state index contributed by atoms with van der Waals surface area (Å²) in [6.45, 7) is 0.997. The number of carboxylic acid groups (broad SMARTS) is 3. The van der Waals surface area contributed by atoms with Gasteiger partial charge in [0.2, 0.25) is 23.6 Å². The fourth-order valence-corrected chi connectivity index (χ4v) is 16.0. The van der Waals surface area contributed by atoms with Crippen molar-refractivity contribution in [2.45, 2.75) is 410 Å². The predicted molar refractivity (Wildman–Crippen MR) is 425 cm³/mol. The van der Waals surface area contributed by atoms with Crippen molar-refractivity contribution in [2.24, 2.45) is 0 Å². The monoisotopic (exact) mass is 1780 g/mol. The van der Waals surface area contributed by atoms with Gasteiger partial charge in [-0.05, 0) is 19.3 Å². The fourth-order valence-electron chi connectivity index (χ4n) is 16.0. The molecule has 123 heavy (non-hydrogen) atoms. The zero-order valence-corrected chi connectivity index (χ0v) is 71.2. The molecule has 4 amide bonds. The molecule has 5 fully saturated rings. The molecule has 0 saturated carbocycles. The van der Waals surface area contributed by atoms with E-state index < -0.39 is 289 Å². The molecular formula is C81H140N4O38. The van der Waals surface area contributed by atoms with Gasteiger partial charge >= 0.3 is 23.9 Å². The van der Waals surface area contributed by atoms with Gasteiger partial charge in [-0.1, -0.05) is 167 Å². The Morgan fingerprint density at radius 2 is 0.846 bits per heavy atom. The van der Waals surface area contributed by atoms with Gasteiger partial charge in [-0.2, -0.15) is 0 Å². The molecule has 42 nitrogen and oxygen atoms in total. The van der Waals surface area contributed by atoms with Crippen LogP contribution in [-0.2, 0) is 90.5 Å². The first-order chi connectivity index (χ1) is 58.4. The van der Waals surface area contributed by atoms with Gasteiger partial charge < -0.3 is 170 Å². The highest BCUT2D eigenvalue weighted by molar-refractivity contribution is 5.79. The number of aliphatic carboxylic acids is 3. The average Bonchev–Trinajstić information content (AvgIpc) is 0.622. The standard InChI is InChI=1S/C81H140N4O38/c1-7-9-11-13-15-17-19-21-23-25-27-29-31-33-49(94)48(85-58(99)34-32-30-28-26-24-22-20-18-16-14-12-10-8-2)42-114-74-67(105)66(104)69(57(41-89)116-74)117-75-68(106)73(63(101)54(38-86)115-75)123-81(78(111)112)37-52(97)61(84-46(5)92)72(122-81)65(103)56(40-88)119-80(77(109)110)36-51(96)60(83-45(4)91)71(121-80)64(102)55(39-87)118-79(76(107)108)35-50(95)59(82-44(3)90)70(120-79)62(100)53(98)43-113-47(6)93/h31,33,48-57,59-75,86-89,94-98,100-106H,7-30,32,34-43H2,1-6H3,(H,82,90)(H,83,91)(H,84,92)(H,85,99)(H,107,108)(H,109,110)(H,111,112)/b33-31+/t48-,49+,50?,51?,52?,53+,54?,55+,56+,57?,59+,60+,61+,62+,63-,64+,65+,66+,67?,68?,69+,70?,71?,72?,73-,74+,75-,79+,80+,81-/m0/s1. The highest BCUT2D eigenvalue weighted by Crippen LogP contribution is 2.43. The van der Waals surface area contributed by atoms with Crippen LogP contribution in [0.1, 0.15) is 228 Å². The molecule has 5 aliphatic heterocycles. The zero-order chi connectivity index (χ0) is 91.5. The number of hydrogen-bond acceptors (Lipinski definition) is 35. The average molecular weight is 1780 g/mol. The quantitative estimate of drug-likeness (QED) is 0.0167. The smallest absolute Gasteiger partial charge is 0.364 e. The van der Waals surface area contributed by atoms with Gasteiger partial charge in [0.1, 0.15) is 110 Å². The molecule has 0 aromatic carbocycles. The highest BCUT2D eigenvalue weighted by Gasteiger charge is 2.64. The van der Waals surface area contributed by atoms with Gasteiger partial charge in [0.05, 0.1) is 81.6 Å². The van der Waals surface area contributed by atoms with Gasteiger partial charge in [0.15, 0.2) is 12.6 Å². The molecular weight excluding hydrogens is 1640 g/mol. The van der Waals surface area contributed by atoms with Crippen LogP contribution in [0.3, 0.4) is 0 Å². The van der Waals surface area contributed by atoms with Crippen molar-refractivity contribution >= 4 is 47.5 Å². The van der Waals surface area contributed by atoms with Crippen LogP contribution in [0.2, 0.25) is 0 Å². The molecule has 0 spiro atoms. The molecule has 0 aromatic rings. The van der Waals surface area contributed by atoms with Crippen LogP contribution in [0.4, 0.5) is 0 Å². The van der Waals surface area contributed by atoms with Crippen LogP contribution < -0.4 is 21.3 Å². The lowest BCUT2D eigenvalue weighted by molar-refractivity contribution is -0.388. The summed E-state index contributed by atoms with van der Waals surface area (Å²) in [4.78, 5) is 104. The van der Waals surface area contributed by atoms with Crippen molar-refractivity contribution in [3.63, 3.8) is 0 Å². The Bertz CT molecular complexity index is 3190. The summed E-state index contributed by atoms with van der Waals surface area (Å²) < 4.78 is 63.0. The number of rotatable bonds is 58. The number of aliphatic hydroxyl groups is 16. The summed E-state index contributed by atoms with van der Waals surface area (Å²) in [5, 5.41) is 226. The fraction of sp³-hybridized carbons (Fsp3) is 0.877. The Hall–Kier alpha value is -5.54. The first-order valence-electron chi connectivity index (χ1n) is 43.2. The lowest BCUT2D eigenvalue weighted by Crippen LogP contribution is -2.72. The van der Waals surface area contributed by atoms with Crippen LogP contribution >= 0.6 is 0 Å². The van der Waals surface area contributed by atoms with Gasteiger partial charge in [-0.25, -0.2) is 14.4 Å². The van der Waals surface area contributed by atoms with E-state index in [2.05, 4.69) is 35.1 Å². The summed E-state index contributed by atoms with van der Waals surface area (Å²) in [5.74, 6) is -21.7. The normalized spacial score (nSPS) is 32.5. The van der Waals surface area contributed by atoms with E-state index in [1.165, 1.54) is 89.5 Å². The molecule has 23 N–H and O–H groups in total. The van der Waals surface area contributed by atoms with E-state index in [1.54, 1.807) is 6.08 Å². The van der Waals surface area contributed by atoms with E-state index >= 15 is 0 Å². The van der Waals surface area contributed by atoms with Crippen molar-refractivity contribution in [3.8, 4) is 0 Å². The molecule has 5 aliphatic rings. The summed E-state index contributed by atoms with van der Waals surface area (Å²) in [7, 11) is 0. The Balaban J connectivity index is 1.38. The van der Waals surface area contributed by atoms with E-state index in [4.69, 9.17) is 52.1 Å². The Kier molecular flexibility index (Phi) is 47.5. The Morgan fingerprint density at radius 3 is 1.24 bits per heavy atom. The van der Waals surface area contributed by atoms with Crippen LogP contribution in [-0.4, -0.2) is 366 Å². The second-order valence-electron chi connectivity index (χ2n) is 32.8. The van der Waals surface area contributed by atoms with E-state index in [1.807, 2.05) is 0 Å². The molecule has 5 heterocycles. The molecule has 712 valence electrons. The highest BCUT2D eigenvalue weighted by atomic mass is 16.8. The molecule has 0 bridgehead atoms. The van der Waals surface area contributed by atoms with Crippen LogP contribution in [0.5, 0.6) is 0 Å². The number of nitrogens with one attached hydrogen (secondary N) is 4. The third-order valence-electron chi connectivity index (χ3n) is 22.7. The maximum atomic E-state index is 13.8. The number of aliphatic hydroxyl groups excluding tert-OH is 16. The van der Waals surface area contributed by atoms with E-state index in [9.17, 15) is 135 Å². The number of amides is 4. The minimum atomic E-state index is -3.59. The second-order valence-corrected chi connectivity index (χ2v) is 32.8. The molecule has 42 heteroatoms. The predicted octanol–water partition coefficient (Wildman–Crippen LogP) is -2.70. The topological polar surface area (TPSA) is 671 Å². The minimum Gasteiger partial charge on any atom is -0.477 e. The Morgan fingerprint density at radius 1 is 0.455 bits per heavy atom. The molecule has 0 aromatic heterocycles. The number of carboxylic acids is 3. The molecule has 0 aliphatic carbocycles. The van der Waals surface area contributed by atoms with Crippen LogP contribution in [0, 0.1) is 0 Å². The summed E-state index contributed by atoms with van der Waals surface area (Å²) >= 11 is 0. The van der Waals surface area contributed by atoms with Crippen molar-refractivity contribution in [3.05, 3.63) is 12.2 Å². The van der Waals surface area contributed by atoms with Gasteiger partial charge in [0.25, 0.3) is 17.4 Å². The number of esters is 1. The van der Waals surface area contributed by atoms with Crippen molar-refractivity contribution in [1.29, 1.82) is 0 Å². The Labute approximate surface area is 715 Å². The molecule has 5 rings (SSSR count). The maximum absolute atomic E-state index is 13.8. The van der Waals surface area contributed by atoms with Crippen LogP contribution in [0.25, 0.3) is 0 Å². The van der Waals surface area contributed by atoms with Gasteiger partial charge in [-0.3, -0.25) is 24.0 Å². The number of unbranched alkanes of at least 4 members (excludes halogenated alkanes) is 23. The van der Waals surface area contributed by atoms with Crippen molar-refractivity contribution < 1.29 is 187 Å². The zero-order valence-electron chi connectivity index (χ0n) is 71.2. The second kappa shape index (κ2) is 54.1. The first-order valence-corrected chi connectivity index (χ1v) is 43.2. The minimum absolute atomic E-state index is 0.119. The summed E-state index contributed by atoms with van der Waals surface area (Å²) in [6.07, 6.45) is -25.6. The van der Waals surface area contributed by atoms with E-state index in [0.29, 0.717) is 12.8 Å². The third kappa shape index (κ3) is 32.3. The number of ether oxygens (including phenoxy) is 11.